The van der Waals surface area contributed by atoms with Crippen LogP contribution in [-0.4, -0.2) is 75.9 Å². The molecule has 182 valence electrons. The van der Waals surface area contributed by atoms with Gasteiger partial charge in [-0.25, -0.2) is 0 Å². The van der Waals surface area contributed by atoms with E-state index in [0.29, 0.717) is 5.56 Å². The van der Waals surface area contributed by atoms with E-state index >= 15 is 0 Å². The van der Waals surface area contributed by atoms with Gasteiger partial charge in [0.15, 0.2) is 22.5 Å². The maximum Gasteiger partial charge on any atom is 0.204 e. The Morgan fingerprint density at radius 3 is 2.18 bits per heavy atom. The van der Waals surface area contributed by atoms with Gasteiger partial charge in [0, 0.05) is 11.6 Å². The van der Waals surface area contributed by atoms with E-state index in [1.54, 1.807) is 0 Å². The summed E-state index contributed by atoms with van der Waals surface area (Å²) in [5.74, 6) is -0.906. The summed E-state index contributed by atoms with van der Waals surface area (Å²) < 4.78 is 22.3. The lowest BCUT2D eigenvalue weighted by Gasteiger charge is -2.40. The predicted molar refractivity (Wildman–Crippen MR) is 117 cm³/mol. The number of aliphatic hydroxyl groups excluding tert-OH is 4. The Morgan fingerprint density at radius 2 is 1.59 bits per heavy atom. The second-order valence-corrected chi connectivity index (χ2v) is 7.80. The zero-order valence-corrected chi connectivity index (χ0v) is 18.2. The van der Waals surface area contributed by atoms with Gasteiger partial charge < -0.3 is 49.3 Å². The van der Waals surface area contributed by atoms with Gasteiger partial charge in [0.2, 0.25) is 5.75 Å². The quantitative estimate of drug-likeness (QED) is 0.300. The van der Waals surface area contributed by atoms with Gasteiger partial charge in [-0.3, -0.25) is 4.79 Å². The fourth-order valence-electron chi connectivity index (χ4n) is 4.11. The second kappa shape index (κ2) is 9.12. The highest BCUT2D eigenvalue weighted by molar-refractivity contribution is 5.93. The molecule has 2 heterocycles. The van der Waals surface area contributed by atoms with Gasteiger partial charge in [-0.15, -0.1) is 0 Å². The van der Waals surface area contributed by atoms with Gasteiger partial charge in [-0.05, 0) is 24.3 Å². The molecule has 1 fully saturated rings. The zero-order chi connectivity index (χ0) is 24.7. The number of aliphatic hydroxyl groups is 4. The fraction of sp³-hybridized carbons (Fsp3) is 0.348. The van der Waals surface area contributed by atoms with Gasteiger partial charge in [0.1, 0.15) is 47.4 Å². The number of benzene rings is 2. The van der Waals surface area contributed by atoms with Gasteiger partial charge >= 0.3 is 0 Å². The smallest absolute Gasteiger partial charge is 0.204 e. The van der Waals surface area contributed by atoms with E-state index in [2.05, 4.69) is 0 Å². The van der Waals surface area contributed by atoms with E-state index in [4.69, 9.17) is 18.6 Å². The van der Waals surface area contributed by atoms with Crippen LogP contribution < -0.4 is 14.9 Å². The largest absolute Gasteiger partial charge is 0.508 e. The third-order valence-electron chi connectivity index (χ3n) is 5.83. The molecular formula is C23H24O11. The summed E-state index contributed by atoms with van der Waals surface area (Å²) in [6.45, 7) is -0.681. The Labute approximate surface area is 192 Å². The number of rotatable bonds is 5. The number of hydrogen-bond donors (Lipinski definition) is 6. The van der Waals surface area contributed by atoms with Crippen molar-refractivity contribution in [2.75, 3.05) is 20.8 Å². The van der Waals surface area contributed by atoms with Crippen molar-refractivity contribution >= 4 is 11.0 Å². The van der Waals surface area contributed by atoms with Gasteiger partial charge in [0.05, 0.1) is 26.4 Å². The first-order chi connectivity index (χ1) is 16.2. The number of hydrogen-bond acceptors (Lipinski definition) is 11. The summed E-state index contributed by atoms with van der Waals surface area (Å²) in [6, 6.07) is 6.94. The number of phenols is 2. The molecule has 0 unspecified atom stereocenters. The zero-order valence-electron chi connectivity index (χ0n) is 18.2. The molecule has 0 bridgehead atoms. The Balaban J connectivity index is 2.06. The van der Waals surface area contributed by atoms with Crippen LogP contribution in [0.4, 0.5) is 0 Å². The van der Waals surface area contributed by atoms with Gasteiger partial charge in [-0.1, -0.05) is 0 Å². The van der Waals surface area contributed by atoms with Crippen LogP contribution in [0.25, 0.3) is 22.3 Å². The van der Waals surface area contributed by atoms with Crippen molar-refractivity contribution in [2.45, 2.75) is 30.5 Å². The molecular weight excluding hydrogens is 452 g/mol. The molecule has 1 aromatic heterocycles. The Morgan fingerprint density at radius 1 is 0.941 bits per heavy atom. The Bertz CT molecular complexity index is 1250. The molecule has 1 saturated heterocycles. The topological polar surface area (TPSA) is 179 Å². The summed E-state index contributed by atoms with van der Waals surface area (Å²) in [7, 11) is 2.48. The highest BCUT2D eigenvalue weighted by Gasteiger charge is 2.47. The van der Waals surface area contributed by atoms with E-state index < -0.39 is 48.3 Å². The molecule has 1 aliphatic heterocycles. The van der Waals surface area contributed by atoms with Gasteiger partial charge in [-0.2, -0.15) is 0 Å². The van der Waals surface area contributed by atoms with Crippen LogP contribution in [-0.2, 0) is 4.74 Å². The molecule has 0 saturated carbocycles. The third-order valence-corrected chi connectivity index (χ3v) is 5.83. The molecule has 0 amide bonds. The lowest BCUT2D eigenvalue weighted by atomic mass is 9.89. The van der Waals surface area contributed by atoms with E-state index in [1.807, 2.05) is 0 Å². The van der Waals surface area contributed by atoms with Crippen molar-refractivity contribution in [2.24, 2.45) is 0 Å². The van der Waals surface area contributed by atoms with E-state index in [-0.39, 0.29) is 39.5 Å². The number of methoxy groups -OCH3 is 2. The molecule has 11 heteroatoms. The number of phenolic OH excluding ortho intramolecular Hbond substituents is 2. The van der Waals surface area contributed by atoms with Crippen LogP contribution in [0.15, 0.2) is 39.5 Å². The molecule has 1 aliphatic rings. The molecule has 2 aromatic carbocycles. The first kappa shape index (κ1) is 23.8. The maximum atomic E-state index is 13.1. The van der Waals surface area contributed by atoms with E-state index in [9.17, 15) is 35.4 Å². The summed E-state index contributed by atoms with van der Waals surface area (Å²) in [5.41, 5.74) is -0.545. The molecule has 11 nitrogen and oxygen atoms in total. The van der Waals surface area contributed by atoms with Crippen molar-refractivity contribution < 1.29 is 49.3 Å². The average molecular weight is 476 g/mol. The minimum Gasteiger partial charge on any atom is -0.508 e. The lowest BCUT2D eigenvalue weighted by Crippen LogP contribution is -2.55. The predicted octanol–water partition coefficient (Wildman–Crippen LogP) is 0.403. The van der Waals surface area contributed by atoms with Crippen molar-refractivity contribution in [3.8, 4) is 34.3 Å². The lowest BCUT2D eigenvalue weighted by molar-refractivity contribution is -0.231. The molecule has 5 atom stereocenters. The van der Waals surface area contributed by atoms with Crippen LogP contribution in [0, 0.1) is 0 Å². The van der Waals surface area contributed by atoms with Crippen LogP contribution in [0.1, 0.15) is 11.7 Å². The normalized spacial score (nSPS) is 24.8. The number of fused-ring (bicyclic) bond motifs is 1. The summed E-state index contributed by atoms with van der Waals surface area (Å²) >= 11 is 0. The van der Waals surface area contributed by atoms with Crippen LogP contribution in [0.3, 0.4) is 0 Å². The van der Waals surface area contributed by atoms with Crippen molar-refractivity contribution in [1.29, 1.82) is 0 Å². The molecule has 0 radical (unpaired) electrons. The summed E-state index contributed by atoms with van der Waals surface area (Å²) in [5, 5.41) is 60.9. The minimum atomic E-state index is -1.73. The number of ether oxygens (including phenoxy) is 3. The SMILES string of the molecule is COc1c(OC)c(O)c2c(=O)cc(-c3ccc(O)cc3)oc2c1[C@@H]1O[C@@H](CO)[C@@H](O)[C@@H](O)[C@@H]1O. The van der Waals surface area contributed by atoms with Crippen molar-refractivity contribution in [3.05, 3.63) is 46.1 Å². The summed E-state index contributed by atoms with van der Waals surface area (Å²) in [4.78, 5) is 13.1. The van der Waals surface area contributed by atoms with E-state index in [1.165, 1.54) is 38.5 Å². The molecule has 0 aliphatic carbocycles. The minimum absolute atomic E-state index is 0.00190. The first-order valence-corrected chi connectivity index (χ1v) is 10.3. The molecule has 6 N–H and O–H groups in total. The van der Waals surface area contributed by atoms with E-state index in [0.717, 1.165) is 6.07 Å². The Hall–Kier alpha value is -3.35. The second-order valence-electron chi connectivity index (χ2n) is 7.80. The van der Waals surface area contributed by atoms with Crippen LogP contribution in [0.2, 0.25) is 0 Å². The molecule has 0 spiro atoms. The van der Waals surface area contributed by atoms with Crippen molar-refractivity contribution in [1.82, 2.24) is 0 Å². The molecule has 34 heavy (non-hydrogen) atoms. The maximum absolute atomic E-state index is 13.1. The van der Waals surface area contributed by atoms with Crippen LogP contribution >= 0.6 is 0 Å². The fourth-order valence-corrected chi connectivity index (χ4v) is 4.11. The van der Waals surface area contributed by atoms with Crippen LogP contribution in [0.5, 0.6) is 23.0 Å². The summed E-state index contributed by atoms with van der Waals surface area (Å²) in [6.07, 6.45) is -7.78. The van der Waals surface area contributed by atoms with Crippen molar-refractivity contribution in [3.63, 3.8) is 0 Å². The van der Waals surface area contributed by atoms with Gasteiger partial charge in [0.25, 0.3) is 0 Å². The highest BCUT2D eigenvalue weighted by atomic mass is 16.5. The molecule has 4 rings (SSSR count). The number of aromatic hydroxyl groups is 2. The Kier molecular flexibility index (Phi) is 6.39. The third kappa shape index (κ3) is 3.73. The first-order valence-electron chi connectivity index (χ1n) is 10.3. The average Bonchev–Trinajstić information content (AvgIpc) is 2.83. The molecule has 3 aromatic rings. The highest BCUT2D eigenvalue weighted by Crippen LogP contribution is 2.50. The monoisotopic (exact) mass is 476 g/mol. The standard InChI is InChI=1S/C23H24O11/c1-31-22-15(21-19(30)18(29)16(27)13(8-24)34-21)20-14(17(28)23(22)32-2)11(26)7-12(33-20)9-3-5-10(25)6-4-9/h3-7,13,16,18-19,21,24-25,27-30H,8H2,1-2H3/t13-,16+,18+,19-,21-/m0/s1.